The van der Waals surface area contributed by atoms with Crippen molar-refractivity contribution in [3.8, 4) is 0 Å². The second-order valence-electron chi connectivity index (χ2n) is 8.01. The summed E-state index contributed by atoms with van der Waals surface area (Å²) < 4.78 is 2.11. The van der Waals surface area contributed by atoms with Gasteiger partial charge >= 0.3 is 0 Å². The molecule has 0 spiro atoms. The first kappa shape index (κ1) is 19.9. The summed E-state index contributed by atoms with van der Waals surface area (Å²) in [6.45, 7) is 6.95. The summed E-state index contributed by atoms with van der Waals surface area (Å²) in [7, 11) is 4.05. The second-order valence-corrected chi connectivity index (χ2v) is 8.01. The highest BCUT2D eigenvalue weighted by atomic mass is 16.1. The molecule has 2 aromatic heterocycles. The molecule has 2 heterocycles. The van der Waals surface area contributed by atoms with Crippen molar-refractivity contribution in [3.05, 3.63) is 65.6 Å². The van der Waals surface area contributed by atoms with Crippen LogP contribution in [0.5, 0.6) is 0 Å². The quantitative estimate of drug-likeness (QED) is 0.676. The van der Waals surface area contributed by atoms with Crippen LogP contribution in [-0.2, 0) is 4.79 Å². The Kier molecular flexibility index (Phi) is 6.02. The average Bonchev–Trinajstić information content (AvgIpc) is 3.10. The van der Waals surface area contributed by atoms with E-state index in [1.807, 2.05) is 32.6 Å². The van der Waals surface area contributed by atoms with Gasteiger partial charge in [0.25, 0.3) is 0 Å². The molecule has 0 bridgehead atoms. The Morgan fingerprint density at radius 2 is 1.89 bits per heavy atom. The number of anilines is 1. The lowest BCUT2D eigenvalue weighted by Crippen LogP contribution is -2.29. The van der Waals surface area contributed by atoms with E-state index >= 15 is 0 Å². The number of aromatic nitrogens is 2. The van der Waals surface area contributed by atoms with Crippen LogP contribution in [0, 0.1) is 12.8 Å². The first-order valence-electron chi connectivity index (χ1n) is 9.83. The molecule has 1 unspecified atom stereocenters. The number of carbonyl (C=O) groups is 1. The van der Waals surface area contributed by atoms with Gasteiger partial charge < -0.3 is 14.6 Å². The molecule has 148 valence electrons. The number of amides is 1. The van der Waals surface area contributed by atoms with Gasteiger partial charge in [0.15, 0.2) is 0 Å². The molecular weight excluding hydrogens is 348 g/mol. The lowest BCUT2D eigenvalue weighted by Gasteiger charge is -2.19. The van der Waals surface area contributed by atoms with Crippen molar-refractivity contribution in [2.24, 2.45) is 5.92 Å². The van der Waals surface area contributed by atoms with E-state index in [0.29, 0.717) is 18.9 Å². The molecular formula is C23H30N4O. The number of nitrogens with zero attached hydrogens (tertiary/aromatic N) is 3. The molecule has 0 aliphatic heterocycles. The standard InChI is InChI=1S/C23H30N4O/c1-16(2)14-24-22(28)13-20(18-8-10-19(11-9-18)26(4)5)21-15-25-23-17(3)7-6-12-27(21)23/h6-12,15-16,20H,13-14H2,1-5H3,(H,24,28). The summed E-state index contributed by atoms with van der Waals surface area (Å²) in [6, 6.07) is 12.5. The van der Waals surface area contributed by atoms with E-state index in [2.05, 4.69) is 70.7 Å². The zero-order chi connectivity index (χ0) is 20.3. The molecule has 0 aliphatic carbocycles. The zero-order valence-corrected chi connectivity index (χ0v) is 17.4. The maximum Gasteiger partial charge on any atom is 0.221 e. The highest BCUT2D eigenvalue weighted by Gasteiger charge is 2.22. The van der Waals surface area contributed by atoms with E-state index in [-0.39, 0.29) is 11.8 Å². The predicted molar refractivity (Wildman–Crippen MR) is 115 cm³/mol. The minimum atomic E-state index is -0.0554. The number of benzene rings is 1. The van der Waals surface area contributed by atoms with Crippen LogP contribution < -0.4 is 10.2 Å². The van der Waals surface area contributed by atoms with E-state index in [1.165, 1.54) is 0 Å². The fourth-order valence-corrected chi connectivity index (χ4v) is 3.40. The van der Waals surface area contributed by atoms with Crippen LogP contribution in [0.15, 0.2) is 48.8 Å². The van der Waals surface area contributed by atoms with Crippen molar-refractivity contribution >= 4 is 17.2 Å². The SMILES string of the molecule is Cc1cccn2c(C(CC(=O)NCC(C)C)c3ccc(N(C)C)cc3)cnc12. The zero-order valence-electron chi connectivity index (χ0n) is 17.4. The van der Waals surface area contributed by atoms with Crippen LogP contribution in [0.2, 0.25) is 0 Å². The molecule has 3 rings (SSSR count). The molecule has 0 saturated carbocycles. The van der Waals surface area contributed by atoms with Crippen molar-refractivity contribution in [1.82, 2.24) is 14.7 Å². The number of carbonyl (C=O) groups excluding carboxylic acids is 1. The fourth-order valence-electron chi connectivity index (χ4n) is 3.40. The average molecular weight is 379 g/mol. The molecule has 1 N–H and O–H groups in total. The number of hydrogen-bond acceptors (Lipinski definition) is 3. The summed E-state index contributed by atoms with van der Waals surface area (Å²) in [6.07, 6.45) is 4.33. The highest BCUT2D eigenvalue weighted by molar-refractivity contribution is 5.77. The number of pyridine rings is 1. The largest absolute Gasteiger partial charge is 0.378 e. The maximum atomic E-state index is 12.7. The van der Waals surface area contributed by atoms with Gasteiger partial charge in [-0.15, -0.1) is 0 Å². The predicted octanol–water partition coefficient (Wildman–Crippen LogP) is 4.00. The van der Waals surface area contributed by atoms with Gasteiger partial charge in [0.2, 0.25) is 5.91 Å². The van der Waals surface area contributed by atoms with Crippen LogP contribution in [0.3, 0.4) is 0 Å². The Balaban J connectivity index is 1.98. The van der Waals surface area contributed by atoms with Crippen LogP contribution in [0.25, 0.3) is 5.65 Å². The van der Waals surface area contributed by atoms with Crippen LogP contribution in [0.4, 0.5) is 5.69 Å². The molecule has 0 saturated heterocycles. The minimum Gasteiger partial charge on any atom is -0.378 e. The number of aryl methyl sites for hydroxylation is 1. The molecule has 1 amide bonds. The highest BCUT2D eigenvalue weighted by Crippen LogP contribution is 2.30. The lowest BCUT2D eigenvalue weighted by molar-refractivity contribution is -0.121. The van der Waals surface area contributed by atoms with Gasteiger partial charge in [-0.25, -0.2) is 4.98 Å². The Bertz CT molecular complexity index is 941. The molecule has 5 heteroatoms. The fraction of sp³-hybridized carbons (Fsp3) is 0.391. The molecule has 1 aromatic carbocycles. The topological polar surface area (TPSA) is 49.6 Å². The van der Waals surface area contributed by atoms with Crippen molar-refractivity contribution in [1.29, 1.82) is 0 Å². The smallest absolute Gasteiger partial charge is 0.221 e. The minimum absolute atomic E-state index is 0.0554. The van der Waals surface area contributed by atoms with Gasteiger partial charge in [0, 0.05) is 51.1 Å². The van der Waals surface area contributed by atoms with E-state index in [9.17, 15) is 4.79 Å². The van der Waals surface area contributed by atoms with Gasteiger partial charge in [-0.05, 0) is 42.2 Å². The first-order valence-corrected chi connectivity index (χ1v) is 9.83. The number of imidazole rings is 1. The number of hydrogen-bond donors (Lipinski definition) is 1. The van der Waals surface area contributed by atoms with Gasteiger partial charge in [-0.1, -0.05) is 32.0 Å². The third kappa shape index (κ3) is 4.35. The van der Waals surface area contributed by atoms with E-state index < -0.39 is 0 Å². The summed E-state index contributed by atoms with van der Waals surface area (Å²) in [4.78, 5) is 19.3. The lowest BCUT2D eigenvalue weighted by atomic mass is 9.92. The Labute approximate surface area is 167 Å². The number of rotatable bonds is 7. The van der Waals surface area contributed by atoms with E-state index in [0.717, 1.165) is 28.2 Å². The van der Waals surface area contributed by atoms with Gasteiger partial charge in [-0.2, -0.15) is 0 Å². The summed E-state index contributed by atoms with van der Waals surface area (Å²) in [5.41, 5.74) is 5.36. The van der Waals surface area contributed by atoms with Crippen molar-refractivity contribution in [3.63, 3.8) is 0 Å². The van der Waals surface area contributed by atoms with Gasteiger partial charge in [0.05, 0.1) is 5.69 Å². The van der Waals surface area contributed by atoms with Crippen molar-refractivity contribution in [2.75, 3.05) is 25.5 Å². The molecule has 0 fully saturated rings. The Hall–Kier alpha value is -2.82. The maximum absolute atomic E-state index is 12.7. The third-order valence-corrected chi connectivity index (χ3v) is 5.03. The molecule has 0 radical (unpaired) electrons. The van der Waals surface area contributed by atoms with Gasteiger partial charge in [-0.3, -0.25) is 4.79 Å². The molecule has 0 aliphatic rings. The summed E-state index contributed by atoms with van der Waals surface area (Å²) in [5.74, 6) is 0.443. The second kappa shape index (κ2) is 8.46. The Morgan fingerprint density at radius 3 is 2.54 bits per heavy atom. The molecule has 1 atom stereocenters. The van der Waals surface area contributed by atoms with E-state index in [4.69, 9.17) is 0 Å². The van der Waals surface area contributed by atoms with Crippen molar-refractivity contribution in [2.45, 2.75) is 33.1 Å². The molecule has 28 heavy (non-hydrogen) atoms. The number of fused-ring (bicyclic) bond motifs is 1. The number of nitrogens with one attached hydrogen (secondary N) is 1. The van der Waals surface area contributed by atoms with E-state index in [1.54, 1.807) is 0 Å². The monoisotopic (exact) mass is 378 g/mol. The summed E-state index contributed by atoms with van der Waals surface area (Å²) in [5, 5.41) is 3.06. The summed E-state index contributed by atoms with van der Waals surface area (Å²) >= 11 is 0. The third-order valence-electron chi connectivity index (χ3n) is 5.03. The van der Waals surface area contributed by atoms with Crippen LogP contribution in [-0.4, -0.2) is 35.9 Å². The van der Waals surface area contributed by atoms with Crippen LogP contribution in [0.1, 0.15) is 43.0 Å². The first-order chi connectivity index (χ1) is 13.4. The Morgan fingerprint density at radius 1 is 1.18 bits per heavy atom. The molecule has 5 nitrogen and oxygen atoms in total. The normalized spacial score (nSPS) is 12.4. The van der Waals surface area contributed by atoms with Crippen LogP contribution >= 0.6 is 0 Å². The molecule has 3 aromatic rings. The van der Waals surface area contributed by atoms with Gasteiger partial charge in [0.1, 0.15) is 5.65 Å². The van der Waals surface area contributed by atoms with Crippen molar-refractivity contribution < 1.29 is 4.79 Å².